The molecule has 3 aromatic heterocycles. The lowest BCUT2D eigenvalue weighted by Gasteiger charge is -2.08. The van der Waals surface area contributed by atoms with Gasteiger partial charge >= 0.3 is 0 Å². The number of nitrogens with one attached hydrogen (secondary N) is 1. The number of anilines is 2. The normalized spacial score (nSPS) is 10.5. The molecule has 0 saturated carbocycles. The van der Waals surface area contributed by atoms with E-state index in [9.17, 15) is 8.78 Å². The fourth-order valence-electron chi connectivity index (χ4n) is 2.49. The van der Waals surface area contributed by atoms with Crippen LogP contribution in [0.25, 0.3) is 16.8 Å². The zero-order chi connectivity index (χ0) is 20.1. The molecule has 0 bridgehead atoms. The second-order valence-electron chi connectivity index (χ2n) is 5.97. The zero-order valence-corrected chi connectivity index (χ0v) is 16.0. The Bertz CT molecular complexity index is 957. The van der Waals surface area contributed by atoms with E-state index < -0.39 is 6.43 Å². The SMILES string of the molecule is CC(F)F.CNc1nc(N)nn2ccc(-c3ccc(N=C(C)C)c(C)n3)c12. The fraction of sp³-hybridized carbons (Fsp3) is 0.333. The van der Waals surface area contributed by atoms with Gasteiger partial charge in [-0.15, -0.1) is 5.10 Å². The molecule has 9 heteroatoms. The van der Waals surface area contributed by atoms with Crippen molar-refractivity contribution >= 4 is 28.7 Å². The number of hydrogen-bond donors (Lipinski definition) is 2. The molecule has 3 N–H and O–H groups in total. The maximum absolute atomic E-state index is 10.3. The van der Waals surface area contributed by atoms with Gasteiger partial charge in [0.05, 0.1) is 17.1 Å². The van der Waals surface area contributed by atoms with Crippen LogP contribution < -0.4 is 11.1 Å². The third kappa shape index (κ3) is 4.96. The van der Waals surface area contributed by atoms with Gasteiger partial charge in [-0.3, -0.25) is 9.98 Å². The molecule has 0 aliphatic rings. The van der Waals surface area contributed by atoms with Crippen molar-refractivity contribution in [2.75, 3.05) is 18.1 Å². The fourth-order valence-corrected chi connectivity index (χ4v) is 2.49. The molecule has 0 unspecified atom stereocenters. The van der Waals surface area contributed by atoms with E-state index in [4.69, 9.17) is 5.73 Å². The van der Waals surface area contributed by atoms with Gasteiger partial charge in [-0.05, 0) is 45.9 Å². The third-order valence-electron chi connectivity index (χ3n) is 3.44. The number of nitrogens with two attached hydrogens (primary N) is 1. The van der Waals surface area contributed by atoms with Crippen LogP contribution in [0, 0.1) is 6.92 Å². The van der Waals surface area contributed by atoms with E-state index in [1.165, 1.54) is 0 Å². The molecule has 0 aliphatic heterocycles. The van der Waals surface area contributed by atoms with Crippen molar-refractivity contribution in [1.29, 1.82) is 0 Å². The lowest BCUT2D eigenvalue weighted by molar-refractivity contribution is 0.171. The van der Waals surface area contributed by atoms with Gasteiger partial charge in [0.2, 0.25) is 12.4 Å². The van der Waals surface area contributed by atoms with Gasteiger partial charge in [0.1, 0.15) is 5.52 Å². The van der Waals surface area contributed by atoms with E-state index in [1.54, 1.807) is 11.6 Å². The van der Waals surface area contributed by atoms with Crippen molar-refractivity contribution in [3.05, 3.63) is 30.1 Å². The number of nitrogens with zero attached hydrogens (tertiary/aromatic N) is 5. The molecular weight excluding hydrogens is 352 g/mol. The minimum absolute atomic E-state index is 0.219. The minimum Gasteiger partial charge on any atom is -0.371 e. The number of aryl methyl sites for hydroxylation is 1. The van der Waals surface area contributed by atoms with Crippen molar-refractivity contribution in [2.45, 2.75) is 34.1 Å². The van der Waals surface area contributed by atoms with Crippen LogP contribution in [-0.4, -0.2) is 38.8 Å². The largest absolute Gasteiger partial charge is 0.371 e. The first-order valence-corrected chi connectivity index (χ1v) is 8.33. The molecule has 27 heavy (non-hydrogen) atoms. The maximum atomic E-state index is 10.3. The summed E-state index contributed by atoms with van der Waals surface area (Å²) in [5.74, 6) is 0.889. The predicted octanol–water partition coefficient (Wildman–Crippen LogP) is 4.11. The monoisotopic (exact) mass is 375 g/mol. The predicted molar refractivity (Wildman–Crippen MR) is 105 cm³/mol. The van der Waals surface area contributed by atoms with Crippen LogP contribution >= 0.6 is 0 Å². The summed E-state index contributed by atoms with van der Waals surface area (Å²) in [5, 5.41) is 7.26. The highest BCUT2D eigenvalue weighted by Crippen LogP contribution is 2.30. The summed E-state index contributed by atoms with van der Waals surface area (Å²) in [7, 11) is 1.80. The molecule has 0 fully saturated rings. The lowest BCUT2D eigenvalue weighted by Crippen LogP contribution is -2.05. The molecule has 3 heterocycles. The summed E-state index contributed by atoms with van der Waals surface area (Å²) in [4.78, 5) is 13.4. The van der Waals surface area contributed by atoms with Crippen LogP contribution in [-0.2, 0) is 0 Å². The Hall–Kier alpha value is -3.10. The number of nitrogen functional groups attached to an aromatic ring is 1. The molecule has 3 rings (SSSR count). The number of aromatic nitrogens is 4. The van der Waals surface area contributed by atoms with E-state index in [1.807, 2.05) is 45.2 Å². The zero-order valence-electron chi connectivity index (χ0n) is 16.0. The number of hydrogen-bond acceptors (Lipinski definition) is 6. The topological polar surface area (TPSA) is 93.5 Å². The van der Waals surface area contributed by atoms with E-state index in [2.05, 4.69) is 25.4 Å². The molecule has 0 aromatic carbocycles. The van der Waals surface area contributed by atoms with Crippen LogP contribution in [0.2, 0.25) is 0 Å². The quantitative estimate of drug-likeness (QED) is 0.672. The Morgan fingerprint density at radius 1 is 1.22 bits per heavy atom. The van der Waals surface area contributed by atoms with Gasteiger partial charge < -0.3 is 11.1 Å². The number of fused-ring (bicyclic) bond motifs is 1. The van der Waals surface area contributed by atoms with Crippen LogP contribution in [0.15, 0.2) is 29.4 Å². The summed E-state index contributed by atoms with van der Waals surface area (Å²) in [6.07, 6.45) is -0.317. The van der Waals surface area contributed by atoms with Crippen molar-refractivity contribution in [1.82, 2.24) is 19.6 Å². The molecule has 0 aliphatic carbocycles. The molecule has 7 nitrogen and oxygen atoms in total. The lowest BCUT2D eigenvalue weighted by atomic mass is 10.1. The standard InChI is InChI=1S/C16H19N7.C2H4F2/c1-9(2)19-12-5-6-13(20-10(12)3)11-7-8-23-14(11)15(18-4)21-16(17)22-23;1-2(3)4/h5-8H,1-4H3,(H3,17,18,21,22);2H,1H3. The number of alkyl halides is 2. The van der Waals surface area contributed by atoms with Crippen LogP contribution in [0.5, 0.6) is 0 Å². The maximum Gasteiger partial charge on any atom is 0.240 e. The van der Waals surface area contributed by atoms with Crippen molar-refractivity contribution < 1.29 is 8.78 Å². The highest BCUT2D eigenvalue weighted by atomic mass is 19.3. The number of halogens is 2. The first-order valence-electron chi connectivity index (χ1n) is 8.33. The Kier molecular flexibility index (Phi) is 6.38. The van der Waals surface area contributed by atoms with Crippen LogP contribution in [0.3, 0.4) is 0 Å². The van der Waals surface area contributed by atoms with Gasteiger partial charge in [-0.1, -0.05) is 0 Å². The molecule has 0 atom stereocenters. The summed E-state index contributed by atoms with van der Waals surface area (Å²) in [6, 6.07) is 5.89. The summed E-state index contributed by atoms with van der Waals surface area (Å²) in [6.45, 7) is 6.72. The number of aliphatic imine (C=N–C) groups is 1. The smallest absolute Gasteiger partial charge is 0.240 e. The van der Waals surface area contributed by atoms with Crippen molar-refractivity contribution in [2.24, 2.45) is 4.99 Å². The van der Waals surface area contributed by atoms with Gasteiger partial charge in [0.15, 0.2) is 5.82 Å². The van der Waals surface area contributed by atoms with Crippen LogP contribution in [0.4, 0.5) is 26.2 Å². The van der Waals surface area contributed by atoms with Gasteiger partial charge in [-0.25, -0.2) is 13.3 Å². The highest BCUT2D eigenvalue weighted by molar-refractivity contribution is 5.88. The van der Waals surface area contributed by atoms with E-state index in [0.29, 0.717) is 5.82 Å². The second-order valence-corrected chi connectivity index (χ2v) is 5.97. The van der Waals surface area contributed by atoms with Gasteiger partial charge in [0.25, 0.3) is 0 Å². The first-order chi connectivity index (χ1) is 12.7. The van der Waals surface area contributed by atoms with Crippen LogP contribution in [0.1, 0.15) is 26.5 Å². The molecule has 0 spiro atoms. The Morgan fingerprint density at radius 2 is 1.89 bits per heavy atom. The van der Waals surface area contributed by atoms with E-state index >= 15 is 0 Å². The summed E-state index contributed by atoms with van der Waals surface area (Å²) < 4.78 is 22.4. The Balaban J connectivity index is 0.000000596. The van der Waals surface area contributed by atoms with Gasteiger partial charge in [0, 0.05) is 24.5 Å². The van der Waals surface area contributed by atoms with Crippen molar-refractivity contribution in [3.63, 3.8) is 0 Å². The first kappa shape index (κ1) is 20.2. The number of rotatable bonds is 3. The Labute approximate surface area is 156 Å². The third-order valence-corrected chi connectivity index (χ3v) is 3.44. The summed E-state index contributed by atoms with van der Waals surface area (Å²) in [5.41, 5.74) is 11.1. The molecule has 0 amide bonds. The highest BCUT2D eigenvalue weighted by Gasteiger charge is 2.14. The van der Waals surface area contributed by atoms with E-state index in [-0.39, 0.29) is 5.95 Å². The number of pyridine rings is 1. The van der Waals surface area contributed by atoms with Crippen molar-refractivity contribution in [3.8, 4) is 11.3 Å². The second kappa shape index (κ2) is 8.52. The average Bonchev–Trinajstić information content (AvgIpc) is 2.98. The molecular formula is C18H23F2N7. The molecule has 3 aromatic rings. The van der Waals surface area contributed by atoms with Gasteiger partial charge in [-0.2, -0.15) is 4.98 Å². The average molecular weight is 375 g/mol. The molecule has 0 saturated heterocycles. The minimum atomic E-state index is -2.17. The molecule has 0 radical (unpaired) electrons. The Morgan fingerprint density at radius 3 is 2.44 bits per heavy atom. The summed E-state index contributed by atoms with van der Waals surface area (Å²) >= 11 is 0. The molecule has 144 valence electrons. The van der Waals surface area contributed by atoms with E-state index in [0.717, 1.165) is 40.8 Å².